The summed E-state index contributed by atoms with van der Waals surface area (Å²) in [6.07, 6.45) is 4.71. The zero-order valence-corrected chi connectivity index (χ0v) is 14.4. The van der Waals surface area contributed by atoms with Gasteiger partial charge in [0.15, 0.2) is 0 Å². The molecule has 0 aromatic heterocycles. The highest BCUT2D eigenvalue weighted by Gasteiger charge is 2.14. The molecule has 0 atom stereocenters. The van der Waals surface area contributed by atoms with Crippen LogP contribution in [0.4, 0.5) is 5.69 Å². The van der Waals surface area contributed by atoms with E-state index in [-0.39, 0.29) is 5.91 Å². The highest BCUT2D eigenvalue weighted by Crippen LogP contribution is 2.28. The van der Waals surface area contributed by atoms with Crippen molar-refractivity contribution in [1.82, 2.24) is 0 Å². The van der Waals surface area contributed by atoms with Crippen LogP contribution in [-0.4, -0.2) is 11.7 Å². The molecule has 2 nitrogen and oxygen atoms in total. The third-order valence-electron chi connectivity index (χ3n) is 4.25. The van der Waals surface area contributed by atoms with Gasteiger partial charge in [0, 0.05) is 11.4 Å². The number of hydrogen-bond acceptors (Lipinski definition) is 2. The summed E-state index contributed by atoms with van der Waals surface area (Å²) in [5.74, 6) is 1.47. The van der Waals surface area contributed by atoms with Gasteiger partial charge in [-0.05, 0) is 55.4 Å². The SMILES string of the molecule is Cc1cccc(CSCC(=O)Nc2cccc3c2CCCC3)c1. The van der Waals surface area contributed by atoms with E-state index in [4.69, 9.17) is 0 Å². The minimum atomic E-state index is 0.0987. The molecule has 3 heteroatoms. The normalized spacial score (nSPS) is 13.4. The molecule has 0 unspecified atom stereocenters. The number of benzene rings is 2. The molecule has 0 radical (unpaired) electrons. The van der Waals surface area contributed by atoms with E-state index in [1.165, 1.54) is 35.1 Å². The predicted octanol–water partition coefficient (Wildman–Crippen LogP) is 4.75. The number of amides is 1. The highest BCUT2D eigenvalue weighted by molar-refractivity contribution is 7.99. The summed E-state index contributed by atoms with van der Waals surface area (Å²) in [5.41, 5.74) is 6.31. The highest BCUT2D eigenvalue weighted by atomic mass is 32.2. The maximum absolute atomic E-state index is 12.2. The number of thioether (sulfide) groups is 1. The second kappa shape index (κ2) is 7.69. The summed E-state index contributed by atoms with van der Waals surface area (Å²) >= 11 is 1.67. The van der Waals surface area contributed by atoms with Gasteiger partial charge in [0.25, 0.3) is 0 Å². The second-order valence-electron chi connectivity index (χ2n) is 6.18. The Hall–Kier alpha value is -1.74. The number of anilines is 1. The molecule has 2 aromatic rings. The molecular weight excluding hydrogens is 302 g/mol. The van der Waals surface area contributed by atoms with Gasteiger partial charge in [-0.1, -0.05) is 42.0 Å². The van der Waals surface area contributed by atoms with Gasteiger partial charge in [-0.3, -0.25) is 4.79 Å². The van der Waals surface area contributed by atoms with Gasteiger partial charge in [0.1, 0.15) is 0 Å². The van der Waals surface area contributed by atoms with Gasteiger partial charge in [-0.25, -0.2) is 0 Å². The fourth-order valence-electron chi connectivity index (χ4n) is 3.15. The van der Waals surface area contributed by atoms with Crippen LogP contribution in [0.25, 0.3) is 0 Å². The first-order chi connectivity index (χ1) is 11.2. The Labute approximate surface area is 142 Å². The van der Waals surface area contributed by atoms with E-state index in [1.807, 2.05) is 6.07 Å². The van der Waals surface area contributed by atoms with Crippen LogP contribution in [0, 0.1) is 6.92 Å². The van der Waals surface area contributed by atoms with Crippen LogP contribution in [0.2, 0.25) is 0 Å². The zero-order chi connectivity index (χ0) is 16.1. The van der Waals surface area contributed by atoms with Crippen LogP contribution in [-0.2, 0) is 23.4 Å². The lowest BCUT2D eigenvalue weighted by atomic mass is 9.90. The van der Waals surface area contributed by atoms with Crippen LogP contribution in [0.1, 0.15) is 35.1 Å². The Kier molecular flexibility index (Phi) is 5.39. The van der Waals surface area contributed by atoms with Gasteiger partial charge in [-0.15, -0.1) is 11.8 Å². The zero-order valence-electron chi connectivity index (χ0n) is 13.6. The summed E-state index contributed by atoms with van der Waals surface area (Å²) in [4.78, 5) is 12.2. The average molecular weight is 325 g/mol. The van der Waals surface area contributed by atoms with Gasteiger partial charge < -0.3 is 5.32 Å². The van der Waals surface area contributed by atoms with Crippen LogP contribution in [0.15, 0.2) is 42.5 Å². The minimum Gasteiger partial charge on any atom is -0.325 e. The van der Waals surface area contributed by atoms with Gasteiger partial charge in [-0.2, -0.15) is 0 Å². The van der Waals surface area contributed by atoms with E-state index in [0.29, 0.717) is 5.75 Å². The first-order valence-corrected chi connectivity index (χ1v) is 9.42. The Morgan fingerprint density at radius 3 is 2.83 bits per heavy atom. The minimum absolute atomic E-state index is 0.0987. The third-order valence-corrected chi connectivity index (χ3v) is 5.26. The van der Waals surface area contributed by atoms with Crippen molar-refractivity contribution < 1.29 is 4.79 Å². The largest absolute Gasteiger partial charge is 0.325 e. The van der Waals surface area contributed by atoms with E-state index < -0.39 is 0 Å². The van der Waals surface area contributed by atoms with Crippen molar-refractivity contribution in [1.29, 1.82) is 0 Å². The van der Waals surface area contributed by atoms with Gasteiger partial charge in [0.2, 0.25) is 5.91 Å². The van der Waals surface area contributed by atoms with Gasteiger partial charge in [0.05, 0.1) is 5.75 Å². The molecule has 23 heavy (non-hydrogen) atoms. The standard InChI is InChI=1S/C20H23NOS/c1-15-6-4-7-16(12-15)13-23-14-20(22)21-19-11-5-9-17-8-2-3-10-18(17)19/h4-7,9,11-12H,2-3,8,10,13-14H2,1H3,(H,21,22). The first-order valence-electron chi connectivity index (χ1n) is 8.26. The van der Waals surface area contributed by atoms with Crippen LogP contribution in [0.5, 0.6) is 0 Å². The third kappa shape index (κ3) is 4.38. The second-order valence-corrected chi connectivity index (χ2v) is 7.17. The number of hydrogen-bond donors (Lipinski definition) is 1. The van der Waals surface area contributed by atoms with E-state index >= 15 is 0 Å². The first kappa shape index (κ1) is 16.1. The Balaban J connectivity index is 1.54. The smallest absolute Gasteiger partial charge is 0.234 e. The van der Waals surface area contributed by atoms with Crippen molar-refractivity contribution >= 4 is 23.4 Å². The lowest BCUT2D eigenvalue weighted by molar-refractivity contribution is -0.113. The summed E-state index contributed by atoms with van der Waals surface area (Å²) < 4.78 is 0. The molecule has 0 aliphatic heterocycles. The molecule has 1 amide bonds. The number of aryl methyl sites for hydroxylation is 2. The van der Waals surface area contributed by atoms with Crippen molar-refractivity contribution in [2.75, 3.05) is 11.1 Å². The molecule has 0 bridgehead atoms. The Morgan fingerprint density at radius 2 is 1.96 bits per heavy atom. The quantitative estimate of drug-likeness (QED) is 0.860. The predicted molar refractivity (Wildman–Crippen MR) is 99.1 cm³/mol. The molecular formula is C20H23NOS. The van der Waals surface area contributed by atoms with E-state index in [1.54, 1.807) is 11.8 Å². The molecule has 0 fully saturated rings. The lowest BCUT2D eigenvalue weighted by Crippen LogP contribution is -2.17. The molecule has 0 spiro atoms. The lowest BCUT2D eigenvalue weighted by Gasteiger charge is -2.19. The molecule has 0 heterocycles. The summed E-state index contributed by atoms with van der Waals surface area (Å²) in [7, 11) is 0. The summed E-state index contributed by atoms with van der Waals surface area (Å²) in [6, 6.07) is 14.7. The van der Waals surface area contributed by atoms with E-state index in [9.17, 15) is 4.79 Å². The van der Waals surface area contributed by atoms with Crippen molar-refractivity contribution in [2.24, 2.45) is 0 Å². The monoisotopic (exact) mass is 325 g/mol. The molecule has 1 aliphatic rings. The van der Waals surface area contributed by atoms with Crippen LogP contribution >= 0.6 is 11.8 Å². The average Bonchev–Trinajstić information content (AvgIpc) is 2.55. The topological polar surface area (TPSA) is 29.1 Å². The fourth-order valence-corrected chi connectivity index (χ4v) is 3.92. The number of carbonyl (C=O) groups excluding carboxylic acids is 1. The Bertz CT molecular complexity index is 696. The van der Waals surface area contributed by atoms with E-state index in [0.717, 1.165) is 24.3 Å². The number of carbonyl (C=O) groups is 1. The van der Waals surface area contributed by atoms with E-state index in [2.05, 4.69) is 48.6 Å². The van der Waals surface area contributed by atoms with Crippen molar-refractivity contribution in [2.45, 2.75) is 38.4 Å². The van der Waals surface area contributed by atoms with Gasteiger partial charge >= 0.3 is 0 Å². The molecule has 1 N–H and O–H groups in total. The molecule has 1 aliphatic carbocycles. The summed E-state index contributed by atoms with van der Waals surface area (Å²) in [6.45, 7) is 2.10. The number of rotatable bonds is 5. The molecule has 0 saturated heterocycles. The molecule has 3 rings (SSSR count). The maximum atomic E-state index is 12.2. The Morgan fingerprint density at radius 1 is 1.13 bits per heavy atom. The molecule has 2 aromatic carbocycles. The summed E-state index contributed by atoms with van der Waals surface area (Å²) in [5, 5.41) is 3.11. The van der Waals surface area contributed by atoms with Crippen molar-refractivity contribution in [3.63, 3.8) is 0 Å². The number of nitrogens with one attached hydrogen (secondary N) is 1. The maximum Gasteiger partial charge on any atom is 0.234 e. The van der Waals surface area contributed by atoms with Crippen molar-refractivity contribution in [3.05, 3.63) is 64.7 Å². The fraction of sp³-hybridized carbons (Fsp3) is 0.350. The van der Waals surface area contributed by atoms with Crippen molar-refractivity contribution in [3.8, 4) is 0 Å². The van der Waals surface area contributed by atoms with Crippen LogP contribution in [0.3, 0.4) is 0 Å². The molecule has 120 valence electrons. The number of fused-ring (bicyclic) bond motifs is 1. The molecule has 0 saturated carbocycles. The van der Waals surface area contributed by atoms with Crippen LogP contribution < -0.4 is 5.32 Å².